The normalized spacial score (nSPS) is 26.9. The van der Waals surface area contributed by atoms with E-state index in [2.05, 4.69) is 19.2 Å². The van der Waals surface area contributed by atoms with Crippen LogP contribution in [0.2, 0.25) is 0 Å². The predicted molar refractivity (Wildman–Crippen MR) is 66.0 cm³/mol. The molecule has 0 unspecified atom stereocenters. The molecule has 1 saturated carbocycles. The third kappa shape index (κ3) is 4.78. The minimum absolute atomic E-state index is 0. The Labute approximate surface area is 95.3 Å². The molecule has 0 spiro atoms. The van der Waals surface area contributed by atoms with Crippen molar-refractivity contribution < 1.29 is 6.22 Å². The monoisotopic (exact) mass is 213 g/mol. The summed E-state index contributed by atoms with van der Waals surface area (Å²) in [5.41, 5.74) is 0. The van der Waals surface area contributed by atoms with Gasteiger partial charge in [0.05, 0.1) is 0 Å². The van der Waals surface area contributed by atoms with Crippen molar-refractivity contribution in [3.8, 4) is 0 Å². The maximum absolute atomic E-state index is 11.3. The Balaban J connectivity index is 0.00000225. The average molecular weight is 213 g/mol. The summed E-state index contributed by atoms with van der Waals surface area (Å²) in [4.78, 5) is 11.3. The largest absolute Gasteiger partial charge is 0.312 e. The molecule has 0 radical (unpaired) electrons. The van der Waals surface area contributed by atoms with Gasteiger partial charge in [-0.2, -0.15) is 0 Å². The van der Waals surface area contributed by atoms with Gasteiger partial charge in [-0.1, -0.05) is 20.8 Å². The molecule has 0 bridgehead atoms. The van der Waals surface area contributed by atoms with Crippen LogP contribution in [-0.2, 0) is 4.79 Å². The van der Waals surface area contributed by atoms with Gasteiger partial charge in [0.2, 0.25) is 0 Å². The Bertz CT molecular complexity index is 198. The van der Waals surface area contributed by atoms with Crippen molar-refractivity contribution in [1.29, 1.82) is 0 Å². The highest BCUT2D eigenvalue weighted by atomic mass is 16.1. The molecule has 2 nitrogen and oxygen atoms in total. The van der Waals surface area contributed by atoms with Crippen LogP contribution in [0.3, 0.4) is 0 Å². The van der Waals surface area contributed by atoms with E-state index in [9.17, 15) is 4.79 Å². The van der Waals surface area contributed by atoms with Gasteiger partial charge in [0.15, 0.2) is 0 Å². The van der Waals surface area contributed by atoms with E-state index in [0.717, 1.165) is 6.42 Å². The molecular weight excluding hydrogens is 186 g/mol. The third-order valence-corrected chi connectivity index (χ3v) is 3.33. The third-order valence-electron chi connectivity index (χ3n) is 3.33. The lowest BCUT2D eigenvalue weighted by molar-refractivity contribution is -0.119. The van der Waals surface area contributed by atoms with Gasteiger partial charge in [-0.3, -0.25) is 4.79 Å². The zero-order valence-electron chi connectivity index (χ0n) is 10.4. The van der Waals surface area contributed by atoms with Gasteiger partial charge in [0.25, 0.3) is 0 Å². The Morgan fingerprint density at radius 1 is 1.33 bits per heavy atom. The van der Waals surface area contributed by atoms with Crippen molar-refractivity contribution in [3.63, 3.8) is 0 Å². The number of rotatable bonds is 5. The molecule has 0 heterocycles. The molecule has 0 aromatic heterocycles. The lowest BCUT2D eigenvalue weighted by atomic mass is 9.82. The van der Waals surface area contributed by atoms with Crippen LogP contribution in [0, 0.1) is 5.92 Å². The van der Waals surface area contributed by atoms with E-state index in [1.165, 1.54) is 25.7 Å². The van der Waals surface area contributed by atoms with Gasteiger partial charge < -0.3 is 5.32 Å². The Morgan fingerprint density at radius 2 is 1.93 bits per heavy atom. The summed E-state index contributed by atoms with van der Waals surface area (Å²) in [6, 6.07) is 1.28. The summed E-state index contributed by atoms with van der Waals surface area (Å²) in [6.07, 6.45) is 6.50. The van der Waals surface area contributed by atoms with Crippen LogP contribution in [-0.4, -0.2) is 17.9 Å². The fraction of sp³-hybridized carbons (Fsp3) is 0.923. The fourth-order valence-corrected chi connectivity index (χ4v) is 2.47. The van der Waals surface area contributed by atoms with Gasteiger partial charge in [-0.05, 0) is 31.6 Å². The number of hydrogen-bond acceptors (Lipinski definition) is 2. The molecule has 0 amide bonds. The van der Waals surface area contributed by atoms with Crippen molar-refractivity contribution >= 4 is 5.78 Å². The van der Waals surface area contributed by atoms with E-state index in [0.29, 0.717) is 30.2 Å². The number of carbonyl (C=O) groups is 1. The SMILES string of the molecule is CCC(=O)CC1CCC(NC(C)C)CC1.[HH]. The van der Waals surface area contributed by atoms with Gasteiger partial charge in [0.1, 0.15) is 5.78 Å². The second kappa shape index (κ2) is 6.26. The Morgan fingerprint density at radius 3 is 2.40 bits per heavy atom. The molecule has 1 aliphatic rings. The molecule has 1 aliphatic carbocycles. The van der Waals surface area contributed by atoms with Crippen LogP contribution >= 0.6 is 0 Å². The molecule has 15 heavy (non-hydrogen) atoms. The summed E-state index contributed by atoms with van der Waals surface area (Å²) in [5.74, 6) is 1.11. The zero-order valence-corrected chi connectivity index (χ0v) is 10.4. The lowest BCUT2D eigenvalue weighted by Crippen LogP contribution is -2.37. The first-order chi connectivity index (χ1) is 7.11. The molecule has 0 atom stereocenters. The van der Waals surface area contributed by atoms with Gasteiger partial charge in [-0.15, -0.1) is 0 Å². The highest BCUT2D eigenvalue weighted by Gasteiger charge is 2.22. The second-order valence-corrected chi connectivity index (χ2v) is 5.14. The van der Waals surface area contributed by atoms with E-state index < -0.39 is 0 Å². The Hall–Kier alpha value is -0.370. The maximum Gasteiger partial charge on any atom is 0.132 e. The first-order valence-corrected chi connectivity index (χ1v) is 6.39. The molecule has 1 rings (SSSR count). The number of carbonyl (C=O) groups excluding carboxylic acids is 1. The van der Waals surface area contributed by atoms with Crippen molar-refractivity contribution in [1.82, 2.24) is 5.32 Å². The van der Waals surface area contributed by atoms with Crippen molar-refractivity contribution in [2.45, 2.75) is 71.4 Å². The number of ketones is 1. The minimum atomic E-state index is 0. The molecule has 1 fully saturated rings. The molecule has 90 valence electrons. The van der Waals surface area contributed by atoms with Crippen LogP contribution in [0.5, 0.6) is 0 Å². The molecule has 0 aromatic rings. The molecule has 0 saturated heterocycles. The van der Waals surface area contributed by atoms with Crippen LogP contribution in [0.15, 0.2) is 0 Å². The summed E-state index contributed by atoms with van der Waals surface area (Å²) in [6.45, 7) is 6.37. The second-order valence-electron chi connectivity index (χ2n) is 5.14. The highest BCUT2D eigenvalue weighted by Crippen LogP contribution is 2.27. The standard InChI is InChI=1S/C13H25NO.H2/c1-4-13(15)9-11-5-7-12(8-6-11)14-10(2)3;/h10-12,14H,4-9H2,1-3H3;1H. The molecule has 2 heteroatoms. The zero-order chi connectivity index (χ0) is 11.3. The quantitative estimate of drug-likeness (QED) is 0.760. The van der Waals surface area contributed by atoms with E-state index in [1.807, 2.05) is 6.92 Å². The summed E-state index contributed by atoms with van der Waals surface area (Å²) >= 11 is 0. The topological polar surface area (TPSA) is 29.1 Å². The highest BCUT2D eigenvalue weighted by molar-refractivity contribution is 5.78. The predicted octanol–water partition coefficient (Wildman–Crippen LogP) is 3.16. The van der Waals surface area contributed by atoms with Gasteiger partial charge in [-0.25, -0.2) is 0 Å². The molecule has 0 aromatic carbocycles. The molecular formula is C13H27NO. The maximum atomic E-state index is 11.3. The molecule has 1 N–H and O–H groups in total. The molecule has 0 aliphatic heterocycles. The van der Waals surface area contributed by atoms with Crippen LogP contribution in [0.4, 0.5) is 0 Å². The van der Waals surface area contributed by atoms with Crippen molar-refractivity contribution in [3.05, 3.63) is 0 Å². The number of hydrogen-bond donors (Lipinski definition) is 1. The van der Waals surface area contributed by atoms with Gasteiger partial charge >= 0.3 is 0 Å². The number of Topliss-reactive ketones (excluding diaryl/α,β-unsaturated/α-hetero) is 1. The summed E-state index contributed by atoms with van der Waals surface area (Å²) in [5, 5.41) is 3.58. The van der Waals surface area contributed by atoms with E-state index in [-0.39, 0.29) is 1.43 Å². The summed E-state index contributed by atoms with van der Waals surface area (Å²) < 4.78 is 0. The average Bonchev–Trinajstić information content (AvgIpc) is 2.20. The fourth-order valence-electron chi connectivity index (χ4n) is 2.47. The minimum Gasteiger partial charge on any atom is -0.312 e. The van der Waals surface area contributed by atoms with E-state index in [1.54, 1.807) is 0 Å². The van der Waals surface area contributed by atoms with Crippen LogP contribution in [0.25, 0.3) is 0 Å². The lowest BCUT2D eigenvalue weighted by Gasteiger charge is -2.30. The first-order valence-electron chi connectivity index (χ1n) is 6.39. The van der Waals surface area contributed by atoms with E-state index in [4.69, 9.17) is 0 Å². The van der Waals surface area contributed by atoms with Crippen molar-refractivity contribution in [2.24, 2.45) is 5.92 Å². The van der Waals surface area contributed by atoms with Crippen LogP contribution in [0.1, 0.15) is 60.7 Å². The van der Waals surface area contributed by atoms with Gasteiger partial charge in [0, 0.05) is 26.4 Å². The summed E-state index contributed by atoms with van der Waals surface area (Å²) in [7, 11) is 0. The van der Waals surface area contributed by atoms with Crippen molar-refractivity contribution in [2.75, 3.05) is 0 Å². The van der Waals surface area contributed by atoms with Crippen LogP contribution < -0.4 is 5.32 Å². The van der Waals surface area contributed by atoms with E-state index >= 15 is 0 Å². The number of nitrogens with one attached hydrogen (secondary N) is 1. The first kappa shape index (κ1) is 12.7. The smallest absolute Gasteiger partial charge is 0.132 e. The Kier molecular flexibility index (Phi) is 5.30.